The second-order valence-electron chi connectivity index (χ2n) is 2.94. The van der Waals surface area contributed by atoms with Gasteiger partial charge in [0.2, 0.25) is 0 Å². The summed E-state index contributed by atoms with van der Waals surface area (Å²) in [5.74, 6) is 0. The van der Waals surface area contributed by atoms with E-state index < -0.39 is 31.2 Å². The topological polar surface area (TPSA) is 99.4 Å². The predicted molar refractivity (Wildman–Crippen MR) is 47.5 cm³/mol. The van der Waals surface area contributed by atoms with Gasteiger partial charge < -0.3 is 29.9 Å². The molecule has 6 nitrogen and oxygen atoms in total. The summed E-state index contributed by atoms with van der Waals surface area (Å²) in [4.78, 5) is 0. The van der Waals surface area contributed by atoms with E-state index in [1.165, 1.54) is 14.0 Å². The number of aliphatic hydroxyl groups excluding tert-OH is 4. The lowest BCUT2D eigenvalue weighted by Gasteiger charge is -2.26. The van der Waals surface area contributed by atoms with Crippen LogP contribution in [0.5, 0.6) is 0 Å². The van der Waals surface area contributed by atoms with Crippen molar-refractivity contribution in [1.29, 1.82) is 0 Å². The fourth-order valence-corrected chi connectivity index (χ4v) is 0.910. The molecule has 0 saturated carbocycles. The first-order chi connectivity index (χ1) is 6.56. The maximum atomic E-state index is 9.35. The smallest absolute Gasteiger partial charge is 0.180 e. The summed E-state index contributed by atoms with van der Waals surface area (Å²) >= 11 is 0. The van der Waals surface area contributed by atoms with E-state index in [4.69, 9.17) is 20.1 Å². The summed E-state index contributed by atoms with van der Waals surface area (Å²) in [6, 6.07) is 0. The molecule has 4 N–H and O–H groups in total. The molecule has 0 heterocycles. The van der Waals surface area contributed by atoms with Crippen molar-refractivity contribution in [2.45, 2.75) is 31.5 Å². The van der Waals surface area contributed by atoms with E-state index in [1.807, 2.05) is 0 Å². The van der Waals surface area contributed by atoms with Crippen molar-refractivity contribution in [3.05, 3.63) is 0 Å². The van der Waals surface area contributed by atoms with E-state index >= 15 is 0 Å². The summed E-state index contributed by atoms with van der Waals surface area (Å²) in [6.07, 6.45) is -4.14. The summed E-state index contributed by atoms with van der Waals surface area (Å²) in [5, 5.41) is 36.0. The van der Waals surface area contributed by atoms with E-state index in [2.05, 4.69) is 4.74 Å². The van der Waals surface area contributed by atoms with Gasteiger partial charge in [-0.1, -0.05) is 0 Å². The lowest BCUT2D eigenvalue weighted by atomic mass is 10.1. The minimum Gasteiger partial charge on any atom is -0.394 e. The van der Waals surface area contributed by atoms with Gasteiger partial charge >= 0.3 is 0 Å². The van der Waals surface area contributed by atoms with Gasteiger partial charge in [0.25, 0.3) is 0 Å². The van der Waals surface area contributed by atoms with Crippen molar-refractivity contribution in [2.24, 2.45) is 0 Å². The van der Waals surface area contributed by atoms with Gasteiger partial charge in [-0.2, -0.15) is 0 Å². The van der Waals surface area contributed by atoms with Crippen LogP contribution in [-0.4, -0.2) is 65.4 Å². The Balaban J connectivity index is 4.12. The Hall–Kier alpha value is -0.240. The Labute approximate surface area is 82.7 Å². The average Bonchev–Trinajstić information content (AvgIpc) is 2.19. The van der Waals surface area contributed by atoms with Gasteiger partial charge in [0.1, 0.15) is 12.2 Å². The number of hydrogen-bond donors (Lipinski definition) is 4. The molecule has 0 spiro atoms. The maximum Gasteiger partial charge on any atom is 0.180 e. The zero-order valence-electron chi connectivity index (χ0n) is 8.33. The molecule has 0 aliphatic rings. The number of methoxy groups -OCH3 is 1. The molecule has 6 heteroatoms. The molecule has 4 atom stereocenters. The van der Waals surface area contributed by atoms with Crippen LogP contribution < -0.4 is 0 Å². The molecule has 0 aromatic rings. The largest absolute Gasteiger partial charge is 0.394 e. The highest BCUT2D eigenvalue weighted by Crippen LogP contribution is 2.07. The summed E-state index contributed by atoms with van der Waals surface area (Å²) in [5.41, 5.74) is 0. The average molecular weight is 210 g/mol. The van der Waals surface area contributed by atoms with Crippen LogP contribution in [0.2, 0.25) is 0 Å². The predicted octanol–water partition coefficient (Wildman–Crippen LogP) is -1.93. The minimum atomic E-state index is -1.22. The van der Waals surface area contributed by atoms with Gasteiger partial charge in [-0.25, -0.2) is 0 Å². The Morgan fingerprint density at radius 3 is 2.00 bits per heavy atom. The second-order valence-corrected chi connectivity index (χ2v) is 2.94. The normalized spacial score (nSPS) is 20.1. The van der Waals surface area contributed by atoms with Gasteiger partial charge in [-0.3, -0.25) is 0 Å². The molecule has 0 rings (SSSR count). The second kappa shape index (κ2) is 7.10. The number of hydrogen-bond acceptors (Lipinski definition) is 6. The molecular formula is C8H18O6. The third kappa shape index (κ3) is 4.32. The lowest BCUT2D eigenvalue weighted by Crippen LogP contribution is -2.43. The van der Waals surface area contributed by atoms with E-state index in [-0.39, 0.29) is 6.61 Å². The molecule has 86 valence electrons. The Kier molecular flexibility index (Phi) is 6.98. The van der Waals surface area contributed by atoms with Crippen LogP contribution >= 0.6 is 0 Å². The summed E-state index contributed by atoms with van der Waals surface area (Å²) in [7, 11) is 1.32. The molecule has 0 aliphatic heterocycles. The summed E-state index contributed by atoms with van der Waals surface area (Å²) < 4.78 is 9.67. The Bertz CT molecular complexity index is 136. The van der Waals surface area contributed by atoms with Crippen molar-refractivity contribution < 1.29 is 29.9 Å². The molecule has 0 radical (unpaired) electrons. The van der Waals surface area contributed by atoms with E-state index in [9.17, 15) is 5.11 Å². The minimum absolute atomic E-state index is 0.389. The van der Waals surface area contributed by atoms with Crippen molar-refractivity contribution in [3.8, 4) is 0 Å². The standard InChI is InChI=1S/C8H18O6/c1-5(11)8(12)6(3-9)14-7(4-10)13-2/h5-12H,3-4H2,1-2H3/t5-,6?,7+,8+/m1/s1. The highest BCUT2D eigenvalue weighted by atomic mass is 16.7. The van der Waals surface area contributed by atoms with E-state index in [0.717, 1.165) is 0 Å². The number of ether oxygens (including phenoxy) is 2. The van der Waals surface area contributed by atoms with Crippen molar-refractivity contribution in [1.82, 2.24) is 0 Å². The Morgan fingerprint density at radius 2 is 1.71 bits per heavy atom. The van der Waals surface area contributed by atoms with Crippen LogP contribution in [0.4, 0.5) is 0 Å². The number of rotatable bonds is 7. The van der Waals surface area contributed by atoms with Crippen LogP contribution in [0.25, 0.3) is 0 Å². The first-order valence-corrected chi connectivity index (χ1v) is 4.32. The third-order valence-corrected chi connectivity index (χ3v) is 1.79. The first-order valence-electron chi connectivity index (χ1n) is 4.32. The van der Waals surface area contributed by atoms with Crippen LogP contribution in [0, 0.1) is 0 Å². The van der Waals surface area contributed by atoms with Crippen LogP contribution in [0.15, 0.2) is 0 Å². The van der Waals surface area contributed by atoms with Crippen molar-refractivity contribution in [2.75, 3.05) is 20.3 Å². The van der Waals surface area contributed by atoms with E-state index in [1.54, 1.807) is 0 Å². The van der Waals surface area contributed by atoms with Crippen LogP contribution in [0.1, 0.15) is 6.92 Å². The molecular weight excluding hydrogens is 192 g/mol. The maximum absolute atomic E-state index is 9.35. The zero-order chi connectivity index (χ0) is 11.1. The molecule has 0 amide bonds. The molecule has 0 fully saturated rings. The third-order valence-electron chi connectivity index (χ3n) is 1.79. The van der Waals surface area contributed by atoms with Gasteiger partial charge in [0, 0.05) is 7.11 Å². The number of aliphatic hydroxyl groups is 4. The molecule has 14 heavy (non-hydrogen) atoms. The molecule has 0 aromatic heterocycles. The van der Waals surface area contributed by atoms with Crippen molar-refractivity contribution >= 4 is 0 Å². The van der Waals surface area contributed by atoms with Crippen molar-refractivity contribution in [3.63, 3.8) is 0 Å². The SMILES string of the molecule is CO[C@H](CO)OC(CO)[C@@H](O)[C@@H](C)O. The molecule has 1 unspecified atom stereocenters. The van der Waals surface area contributed by atoms with Crippen LogP contribution in [0.3, 0.4) is 0 Å². The lowest BCUT2D eigenvalue weighted by molar-refractivity contribution is -0.212. The Morgan fingerprint density at radius 1 is 1.14 bits per heavy atom. The molecule has 0 aromatic carbocycles. The highest BCUT2D eigenvalue weighted by Gasteiger charge is 2.26. The highest BCUT2D eigenvalue weighted by molar-refractivity contribution is 4.73. The van der Waals surface area contributed by atoms with Crippen LogP contribution in [-0.2, 0) is 9.47 Å². The monoisotopic (exact) mass is 210 g/mol. The van der Waals surface area contributed by atoms with Gasteiger partial charge in [-0.15, -0.1) is 0 Å². The fraction of sp³-hybridized carbons (Fsp3) is 1.00. The summed E-state index contributed by atoms with van der Waals surface area (Å²) in [6.45, 7) is 0.517. The molecule has 0 aliphatic carbocycles. The van der Waals surface area contributed by atoms with Gasteiger partial charge in [0.15, 0.2) is 6.29 Å². The first kappa shape index (κ1) is 13.8. The molecule has 0 saturated heterocycles. The van der Waals surface area contributed by atoms with Gasteiger partial charge in [-0.05, 0) is 6.92 Å². The quantitative estimate of drug-likeness (QED) is 0.365. The van der Waals surface area contributed by atoms with Gasteiger partial charge in [0.05, 0.1) is 19.3 Å². The zero-order valence-corrected chi connectivity index (χ0v) is 8.33. The molecule has 0 bridgehead atoms. The van der Waals surface area contributed by atoms with E-state index in [0.29, 0.717) is 0 Å². The fourth-order valence-electron chi connectivity index (χ4n) is 0.910.